The number of aliphatic hydroxyl groups excluding tert-OH is 1. The summed E-state index contributed by atoms with van der Waals surface area (Å²) in [6.45, 7) is 0.531. The van der Waals surface area contributed by atoms with Gasteiger partial charge in [0, 0.05) is 12.1 Å². The van der Waals surface area contributed by atoms with Crippen molar-refractivity contribution in [3.05, 3.63) is 35.4 Å². The van der Waals surface area contributed by atoms with Crippen LogP contribution in [0.5, 0.6) is 0 Å². The first-order chi connectivity index (χ1) is 9.81. The summed E-state index contributed by atoms with van der Waals surface area (Å²) in [5.74, 6) is 6.10. The van der Waals surface area contributed by atoms with Gasteiger partial charge < -0.3 is 10.4 Å². The molecule has 0 atom stereocenters. The van der Waals surface area contributed by atoms with Gasteiger partial charge in [-0.05, 0) is 24.5 Å². The summed E-state index contributed by atoms with van der Waals surface area (Å²) in [6, 6.07) is 7.24. The van der Waals surface area contributed by atoms with Gasteiger partial charge in [-0.1, -0.05) is 49.7 Å². The van der Waals surface area contributed by atoms with Crippen LogP contribution in [-0.4, -0.2) is 24.2 Å². The molecule has 1 aromatic carbocycles. The molecule has 20 heavy (non-hydrogen) atoms. The molecule has 0 bridgehead atoms. The fourth-order valence-corrected chi connectivity index (χ4v) is 2.71. The standard InChI is InChI=1S/C17H21NO2/c19-13-5-9-15-8-3-4-10-16(15)17(20)18-12-11-14-6-1-2-7-14/h3-4,8,10,14,19H,1-2,6-7,11-13H2,(H,18,20). The zero-order valence-corrected chi connectivity index (χ0v) is 11.7. The zero-order chi connectivity index (χ0) is 14.2. The Balaban J connectivity index is 1.91. The van der Waals surface area contributed by atoms with Crippen LogP contribution in [0.2, 0.25) is 0 Å². The first-order valence-electron chi connectivity index (χ1n) is 7.28. The Labute approximate surface area is 120 Å². The summed E-state index contributed by atoms with van der Waals surface area (Å²) >= 11 is 0. The lowest BCUT2D eigenvalue weighted by molar-refractivity contribution is 0.0951. The van der Waals surface area contributed by atoms with Gasteiger partial charge in [0.2, 0.25) is 0 Å². The molecule has 0 radical (unpaired) electrons. The highest BCUT2D eigenvalue weighted by atomic mass is 16.2. The van der Waals surface area contributed by atoms with E-state index in [0.717, 1.165) is 18.9 Å². The van der Waals surface area contributed by atoms with Gasteiger partial charge in [0.25, 0.3) is 5.91 Å². The van der Waals surface area contributed by atoms with Crippen LogP contribution in [0, 0.1) is 17.8 Å². The van der Waals surface area contributed by atoms with Crippen molar-refractivity contribution in [2.45, 2.75) is 32.1 Å². The molecule has 0 saturated heterocycles. The molecular weight excluding hydrogens is 250 g/mol. The Morgan fingerprint density at radius 3 is 2.80 bits per heavy atom. The average molecular weight is 271 g/mol. The number of carbonyl (C=O) groups is 1. The molecule has 0 aliphatic heterocycles. The van der Waals surface area contributed by atoms with Crippen molar-refractivity contribution in [1.29, 1.82) is 0 Å². The molecule has 1 amide bonds. The van der Waals surface area contributed by atoms with E-state index < -0.39 is 0 Å². The average Bonchev–Trinajstić information content (AvgIpc) is 2.98. The summed E-state index contributed by atoms with van der Waals surface area (Å²) in [5, 5.41) is 11.7. The summed E-state index contributed by atoms with van der Waals surface area (Å²) in [7, 11) is 0. The van der Waals surface area contributed by atoms with Gasteiger partial charge in [-0.2, -0.15) is 0 Å². The summed E-state index contributed by atoms with van der Waals surface area (Å²) in [6.07, 6.45) is 6.33. The fourth-order valence-electron chi connectivity index (χ4n) is 2.71. The van der Waals surface area contributed by atoms with Gasteiger partial charge in [0.05, 0.1) is 5.56 Å². The van der Waals surface area contributed by atoms with E-state index in [1.54, 1.807) is 12.1 Å². The second-order valence-corrected chi connectivity index (χ2v) is 5.20. The summed E-state index contributed by atoms with van der Waals surface area (Å²) in [4.78, 5) is 12.2. The highest BCUT2D eigenvalue weighted by Crippen LogP contribution is 2.26. The van der Waals surface area contributed by atoms with Gasteiger partial charge in [0.15, 0.2) is 0 Å². The third-order valence-electron chi connectivity index (χ3n) is 3.79. The molecule has 1 aromatic rings. The maximum atomic E-state index is 12.2. The maximum absolute atomic E-state index is 12.2. The first-order valence-corrected chi connectivity index (χ1v) is 7.28. The van der Waals surface area contributed by atoms with Gasteiger partial charge in [-0.15, -0.1) is 0 Å². The SMILES string of the molecule is O=C(NCCC1CCCC1)c1ccccc1C#CCO. The van der Waals surface area contributed by atoms with E-state index in [1.165, 1.54) is 25.7 Å². The highest BCUT2D eigenvalue weighted by molar-refractivity contribution is 5.96. The molecule has 2 N–H and O–H groups in total. The largest absolute Gasteiger partial charge is 0.384 e. The molecule has 0 spiro atoms. The van der Waals surface area contributed by atoms with Crippen LogP contribution in [0.25, 0.3) is 0 Å². The second kappa shape index (κ2) is 7.72. The molecule has 3 heteroatoms. The van der Waals surface area contributed by atoms with Gasteiger partial charge in [-0.3, -0.25) is 4.79 Å². The number of carbonyl (C=O) groups excluding carboxylic acids is 1. The number of benzene rings is 1. The fraction of sp³-hybridized carbons (Fsp3) is 0.471. The van der Waals surface area contributed by atoms with Crippen molar-refractivity contribution in [3.8, 4) is 11.8 Å². The van der Waals surface area contributed by atoms with Crippen LogP contribution in [0.3, 0.4) is 0 Å². The Morgan fingerprint density at radius 1 is 1.30 bits per heavy atom. The summed E-state index contributed by atoms with van der Waals surface area (Å²) < 4.78 is 0. The number of amides is 1. The number of rotatable bonds is 4. The Bertz CT molecular complexity index is 507. The van der Waals surface area contributed by atoms with Crippen molar-refractivity contribution in [3.63, 3.8) is 0 Å². The molecule has 2 rings (SSSR count). The van der Waals surface area contributed by atoms with Crippen LogP contribution in [-0.2, 0) is 0 Å². The molecule has 1 aliphatic rings. The van der Waals surface area contributed by atoms with E-state index in [9.17, 15) is 4.79 Å². The van der Waals surface area contributed by atoms with Crippen LogP contribution in [0.15, 0.2) is 24.3 Å². The first kappa shape index (κ1) is 14.6. The molecule has 1 fully saturated rings. The minimum Gasteiger partial charge on any atom is -0.384 e. The van der Waals surface area contributed by atoms with Gasteiger partial charge in [0.1, 0.15) is 6.61 Å². The van der Waals surface area contributed by atoms with Crippen LogP contribution in [0.1, 0.15) is 48.0 Å². The molecule has 1 saturated carbocycles. The van der Waals surface area contributed by atoms with E-state index in [-0.39, 0.29) is 12.5 Å². The van der Waals surface area contributed by atoms with Gasteiger partial charge >= 0.3 is 0 Å². The monoisotopic (exact) mass is 271 g/mol. The number of hydrogen-bond donors (Lipinski definition) is 2. The topological polar surface area (TPSA) is 49.3 Å². The number of aliphatic hydroxyl groups is 1. The molecule has 106 valence electrons. The quantitative estimate of drug-likeness (QED) is 0.826. The Kier molecular flexibility index (Phi) is 5.64. The molecule has 0 unspecified atom stereocenters. The van der Waals surface area contributed by atoms with E-state index in [1.807, 2.05) is 12.1 Å². The smallest absolute Gasteiger partial charge is 0.252 e. The lowest BCUT2D eigenvalue weighted by Gasteiger charge is -2.10. The van der Waals surface area contributed by atoms with Crippen molar-refractivity contribution in [1.82, 2.24) is 5.32 Å². The molecule has 0 aromatic heterocycles. The minimum absolute atomic E-state index is 0.0779. The van der Waals surface area contributed by atoms with Crippen molar-refractivity contribution in [2.24, 2.45) is 5.92 Å². The Morgan fingerprint density at radius 2 is 2.05 bits per heavy atom. The van der Waals surface area contributed by atoms with Crippen molar-refractivity contribution < 1.29 is 9.90 Å². The zero-order valence-electron chi connectivity index (χ0n) is 11.7. The van der Waals surface area contributed by atoms with E-state index in [4.69, 9.17) is 5.11 Å². The van der Waals surface area contributed by atoms with Crippen LogP contribution < -0.4 is 5.32 Å². The summed E-state index contributed by atoms with van der Waals surface area (Å²) in [5.41, 5.74) is 1.25. The molecule has 3 nitrogen and oxygen atoms in total. The van der Waals surface area contributed by atoms with E-state index in [2.05, 4.69) is 17.2 Å². The maximum Gasteiger partial charge on any atom is 0.252 e. The highest BCUT2D eigenvalue weighted by Gasteiger charge is 2.15. The van der Waals surface area contributed by atoms with Crippen molar-refractivity contribution >= 4 is 5.91 Å². The normalized spacial score (nSPS) is 14.7. The van der Waals surface area contributed by atoms with Crippen molar-refractivity contribution in [2.75, 3.05) is 13.2 Å². The van der Waals surface area contributed by atoms with E-state index >= 15 is 0 Å². The minimum atomic E-state index is -0.197. The lowest BCUT2D eigenvalue weighted by atomic mass is 10.0. The second-order valence-electron chi connectivity index (χ2n) is 5.20. The lowest BCUT2D eigenvalue weighted by Crippen LogP contribution is -2.26. The van der Waals surface area contributed by atoms with Crippen LogP contribution in [0.4, 0.5) is 0 Å². The predicted molar refractivity (Wildman–Crippen MR) is 79.3 cm³/mol. The molecular formula is C17H21NO2. The molecule has 0 heterocycles. The number of nitrogens with one attached hydrogen (secondary N) is 1. The Hall–Kier alpha value is -1.79. The third kappa shape index (κ3) is 4.11. The van der Waals surface area contributed by atoms with E-state index in [0.29, 0.717) is 11.1 Å². The third-order valence-corrected chi connectivity index (χ3v) is 3.79. The molecule has 1 aliphatic carbocycles. The number of hydrogen-bond acceptors (Lipinski definition) is 2. The van der Waals surface area contributed by atoms with Gasteiger partial charge in [-0.25, -0.2) is 0 Å². The van der Waals surface area contributed by atoms with Crippen LogP contribution >= 0.6 is 0 Å². The predicted octanol–water partition coefficient (Wildman–Crippen LogP) is 2.34.